The SMILES string of the molecule is CCN(CC1CCCO1)C(=O)c1nnc(Cl)s1. The molecule has 0 aliphatic carbocycles. The number of hydrogen-bond donors (Lipinski definition) is 0. The van der Waals surface area contributed by atoms with Crippen LogP contribution in [0, 0.1) is 0 Å². The average Bonchev–Trinajstić information content (AvgIpc) is 2.96. The highest BCUT2D eigenvalue weighted by atomic mass is 35.5. The number of amides is 1. The topological polar surface area (TPSA) is 55.3 Å². The molecule has 1 atom stereocenters. The fourth-order valence-electron chi connectivity index (χ4n) is 1.82. The van der Waals surface area contributed by atoms with Crippen molar-refractivity contribution in [3.8, 4) is 0 Å². The number of halogens is 1. The normalized spacial score (nSPS) is 19.5. The van der Waals surface area contributed by atoms with Crippen molar-refractivity contribution in [2.45, 2.75) is 25.9 Å². The van der Waals surface area contributed by atoms with Gasteiger partial charge in [0.25, 0.3) is 5.91 Å². The summed E-state index contributed by atoms with van der Waals surface area (Å²) < 4.78 is 5.82. The number of aromatic nitrogens is 2. The van der Waals surface area contributed by atoms with Crippen LogP contribution in [0.3, 0.4) is 0 Å². The minimum Gasteiger partial charge on any atom is -0.376 e. The van der Waals surface area contributed by atoms with Crippen molar-refractivity contribution in [1.29, 1.82) is 0 Å². The summed E-state index contributed by atoms with van der Waals surface area (Å²) in [6.45, 7) is 3.99. The lowest BCUT2D eigenvalue weighted by Gasteiger charge is -2.22. The van der Waals surface area contributed by atoms with Crippen LogP contribution in [0.2, 0.25) is 4.47 Å². The second-order valence-electron chi connectivity index (χ2n) is 3.84. The minimum absolute atomic E-state index is 0.118. The van der Waals surface area contributed by atoms with Crippen molar-refractivity contribution in [2.75, 3.05) is 19.7 Å². The van der Waals surface area contributed by atoms with E-state index in [-0.39, 0.29) is 12.0 Å². The predicted octanol–water partition coefficient (Wildman–Crippen LogP) is 1.83. The van der Waals surface area contributed by atoms with Gasteiger partial charge in [-0.25, -0.2) is 0 Å². The van der Waals surface area contributed by atoms with Crippen LogP contribution in [-0.4, -0.2) is 46.8 Å². The van der Waals surface area contributed by atoms with Crippen LogP contribution in [0.25, 0.3) is 0 Å². The Morgan fingerprint density at radius 2 is 2.47 bits per heavy atom. The molecule has 1 unspecified atom stereocenters. The second kappa shape index (κ2) is 5.75. The first kappa shape index (κ1) is 12.7. The lowest BCUT2D eigenvalue weighted by atomic mass is 10.2. The Morgan fingerprint density at radius 3 is 3.00 bits per heavy atom. The van der Waals surface area contributed by atoms with Gasteiger partial charge in [0.2, 0.25) is 9.47 Å². The minimum atomic E-state index is -0.118. The van der Waals surface area contributed by atoms with E-state index >= 15 is 0 Å². The summed E-state index contributed by atoms with van der Waals surface area (Å²) in [6.07, 6.45) is 2.24. The van der Waals surface area contributed by atoms with Gasteiger partial charge in [0.05, 0.1) is 6.10 Å². The molecular formula is C10H14ClN3O2S. The van der Waals surface area contributed by atoms with Crippen LogP contribution in [0.15, 0.2) is 0 Å². The van der Waals surface area contributed by atoms with Gasteiger partial charge in [-0.05, 0) is 31.4 Å². The molecule has 0 spiro atoms. The standard InChI is InChI=1S/C10H14ClN3O2S/c1-2-14(6-7-4-3-5-16-7)9(15)8-12-13-10(11)17-8/h7H,2-6H2,1H3. The molecule has 1 aliphatic heterocycles. The summed E-state index contributed by atoms with van der Waals surface area (Å²) in [5, 5.41) is 7.75. The zero-order valence-corrected chi connectivity index (χ0v) is 11.1. The number of carbonyl (C=O) groups is 1. The molecule has 1 aromatic heterocycles. The molecule has 0 bridgehead atoms. The van der Waals surface area contributed by atoms with Crippen molar-refractivity contribution in [3.63, 3.8) is 0 Å². The van der Waals surface area contributed by atoms with Gasteiger partial charge < -0.3 is 9.64 Å². The molecule has 94 valence electrons. The molecule has 17 heavy (non-hydrogen) atoms. The van der Waals surface area contributed by atoms with Crippen molar-refractivity contribution in [3.05, 3.63) is 9.47 Å². The van der Waals surface area contributed by atoms with E-state index in [1.807, 2.05) is 6.92 Å². The summed E-state index contributed by atoms with van der Waals surface area (Å²) >= 11 is 6.78. The summed E-state index contributed by atoms with van der Waals surface area (Å²) in [5.74, 6) is -0.118. The van der Waals surface area contributed by atoms with E-state index in [1.165, 1.54) is 0 Å². The molecule has 0 N–H and O–H groups in total. The van der Waals surface area contributed by atoms with Crippen LogP contribution in [0.1, 0.15) is 29.6 Å². The van der Waals surface area contributed by atoms with E-state index in [1.54, 1.807) is 4.90 Å². The van der Waals surface area contributed by atoms with Crippen LogP contribution < -0.4 is 0 Å². The fraction of sp³-hybridized carbons (Fsp3) is 0.700. The Hall–Kier alpha value is -0.720. The Morgan fingerprint density at radius 1 is 1.65 bits per heavy atom. The molecule has 1 aliphatic rings. The first-order valence-corrected chi connectivity index (χ1v) is 6.80. The lowest BCUT2D eigenvalue weighted by molar-refractivity contribution is 0.0538. The van der Waals surface area contributed by atoms with E-state index in [4.69, 9.17) is 16.3 Å². The average molecular weight is 276 g/mol. The molecular weight excluding hydrogens is 262 g/mol. The Bertz CT molecular complexity index is 393. The third-order valence-corrected chi connectivity index (χ3v) is 3.71. The van der Waals surface area contributed by atoms with E-state index in [0.29, 0.717) is 22.6 Å². The maximum absolute atomic E-state index is 12.1. The highest BCUT2D eigenvalue weighted by molar-refractivity contribution is 7.17. The predicted molar refractivity (Wildman–Crippen MR) is 65.5 cm³/mol. The van der Waals surface area contributed by atoms with Crippen LogP contribution in [0.5, 0.6) is 0 Å². The summed E-state index contributed by atoms with van der Waals surface area (Å²) in [6, 6.07) is 0. The Kier molecular flexibility index (Phi) is 4.31. The van der Waals surface area contributed by atoms with Crippen LogP contribution in [-0.2, 0) is 4.74 Å². The number of nitrogens with zero attached hydrogens (tertiary/aromatic N) is 3. The van der Waals surface area contributed by atoms with E-state index < -0.39 is 0 Å². The molecule has 0 aromatic carbocycles. The number of ether oxygens (including phenoxy) is 1. The smallest absolute Gasteiger partial charge is 0.284 e. The quantitative estimate of drug-likeness (QED) is 0.841. The largest absolute Gasteiger partial charge is 0.376 e. The second-order valence-corrected chi connectivity index (χ2v) is 5.40. The molecule has 0 radical (unpaired) electrons. The molecule has 1 amide bonds. The molecule has 5 nitrogen and oxygen atoms in total. The monoisotopic (exact) mass is 275 g/mol. The maximum atomic E-state index is 12.1. The molecule has 1 saturated heterocycles. The Labute approximate surface area is 109 Å². The van der Waals surface area contributed by atoms with Gasteiger partial charge in [0.1, 0.15) is 0 Å². The summed E-state index contributed by atoms with van der Waals surface area (Å²) in [5.41, 5.74) is 0. The van der Waals surface area contributed by atoms with Crippen molar-refractivity contribution < 1.29 is 9.53 Å². The molecule has 7 heteroatoms. The van der Waals surface area contributed by atoms with E-state index in [2.05, 4.69) is 10.2 Å². The number of hydrogen-bond acceptors (Lipinski definition) is 5. The van der Waals surface area contributed by atoms with Gasteiger partial charge in [-0.1, -0.05) is 11.3 Å². The van der Waals surface area contributed by atoms with Gasteiger partial charge >= 0.3 is 0 Å². The van der Waals surface area contributed by atoms with Crippen LogP contribution in [0.4, 0.5) is 0 Å². The van der Waals surface area contributed by atoms with Crippen LogP contribution >= 0.6 is 22.9 Å². The number of rotatable bonds is 4. The maximum Gasteiger partial charge on any atom is 0.284 e. The zero-order valence-electron chi connectivity index (χ0n) is 9.56. The van der Waals surface area contributed by atoms with E-state index in [9.17, 15) is 4.79 Å². The zero-order chi connectivity index (χ0) is 12.3. The van der Waals surface area contributed by atoms with Crippen molar-refractivity contribution in [2.24, 2.45) is 0 Å². The highest BCUT2D eigenvalue weighted by Crippen LogP contribution is 2.18. The van der Waals surface area contributed by atoms with Gasteiger partial charge in [-0.2, -0.15) is 0 Å². The first-order valence-electron chi connectivity index (χ1n) is 5.60. The fourth-order valence-corrected chi connectivity index (χ4v) is 2.61. The molecule has 0 saturated carbocycles. The van der Waals surface area contributed by atoms with Gasteiger partial charge in [-0.15, -0.1) is 10.2 Å². The third kappa shape index (κ3) is 3.14. The van der Waals surface area contributed by atoms with Crippen molar-refractivity contribution >= 4 is 28.8 Å². The molecule has 1 fully saturated rings. The Balaban J connectivity index is 1.99. The van der Waals surface area contributed by atoms with Gasteiger partial charge in [0.15, 0.2) is 0 Å². The molecule has 2 heterocycles. The number of carbonyl (C=O) groups excluding carboxylic acids is 1. The lowest BCUT2D eigenvalue weighted by Crippen LogP contribution is -2.37. The molecule has 2 rings (SSSR count). The van der Waals surface area contributed by atoms with Crippen molar-refractivity contribution in [1.82, 2.24) is 15.1 Å². The number of likely N-dealkylation sites (N-methyl/N-ethyl adjacent to an activating group) is 1. The highest BCUT2D eigenvalue weighted by Gasteiger charge is 2.24. The van der Waals surface area contributed by atoms with Gasteiger partial charge in [-0.3, -0.25) is 4.79 Å². The third-order valence-electron chi connectivity index (χ3n) is 2.70. The first-order chi connectivity index (χ1) is 8.20. The summed E-state index contributed by atoms with van der Waals surface area (Å²) in [4.78, 5) is 13.8. The molecule has 1 aromatic rings. The van der Waals surface area contributed by atoms with E-state index in [0.717, 1.165) is 30.8 Å². The summed E-state index contributed by atoms with van der Waals surface area (Å²) in [7, 11) is 0. The van der Waals surface area contributed by atoms with Gasteiger partial charge in [0, 0.05) is 19.7 Å².